The molecule has 1 aliphatic rings. The maximum Gasteiger partial charge on any atom is 0.360 e. The summed E-state index contributed by atoms with van der Waals surface area (Å²) in [5.74, 6) is -0.127. The van der Waals surface area contributed by atoms with Crippen molar-refractivity contribution >= 4 is 40.3 Å². The lowest BCUT2D eigenvalue weighted by atomic mass is 10.2. The van der Waals surface area contributed by atoms with Gasteiger partial charge in [-0.15, -0.1) is 0 Å². The highest BCUT2D eigenvalue weighted by atomic mass is 35.5. The predicted molar refractivity (Wildman–Crippen MR) is 113 cm³/mol. The van der Waals surface area contributed by atoms with E-state index in [2.05, 4.69) is 15.0 Å². The average Bonchev–Trinajstić information content (AvgIpc) is 2.78. The van der Waals surface area contributed by atoms with Crippen LogP contribution in [0.15, 0.2) is 42.6 Å². The van der Waals surface area contributed by atoms with Gasteiger partial charge in [-0.25, -0.2) is 19.7 Å². The fraction of sp³-hybridized carbons (Fsp3) is 0.286. The molecule has 0 radical (unpaired) electrons. The normalized spacial score (nSPS) is 14.1. The SMILES string of the molecule is CCOC(=O)c1nc2ccccc2nc1N1CCN(C(=O)c2ccc(Cl)nc2)CC1. The standard InChI is InChI=1S/C21H20ClN5O3/c1-2-30-21(29)18-19(25-16-6-4-3-5-15(16)24-18)26-9-11-27(12-10-26)20(28)14-7-8-17(22)23-13-14/h3-8,13H,2,9-12H2,1H3. The third-order valence-electron chi connectivity index (χ3n) is 4.86. The molecule has 0 saturated carbocycles. The molecule has 0 atom stereocenters. The number of hydrogen-bond acceptors (Lipinski definition) is 7. The van der Waals surface area contributed by atoms with Gasteiger partial charge >= 0.3 is 5.97 Å². The highest BCUT2D eigenvalue weighted by Crippen LogP contribution is 2.23. The van der Waals surface area contributed by atoms with Gasteiger partial charge in [-0.2, -0.15) is 0 Å². The Morgan fingerprint density at radius 2 is 1.73 bits per heavy atom. The molecule has 1 aromatic carbocycles. The summed E-state index contributed by atoms with van der Waals surface area (Å²) in [5.41, 5.74) is 2.02. The van der Waals surface area contributed by atoms with E-state index in [1.165, 1.54) is 6.20 Å². The first-order valence-corrected chi connectivity index (χ1v) is 10.0. The second-order valence-electron chi connectivity index (χ2n) is 6.75. The number of amides is 1. The molecule has 0 N–H and O–H groups in total. The number of aromatic nitrogens is 3. The number of esters is 1. The quantitative estimate of drug-likeness (QED) is 0.469. The number of carbonyl (C=O) groups excluding carboxylic acids is 2. The number of piperazine rings is 1. The molecule has 3 aromatic rings. The van der Waals surface area contributed by atoms with Crippen LogP contribution in [-0.2, 0) is 4.74 Å². The van der Waals surface area contributed by atoms with Gasteiger partial charge in [-0.3, -0.25) is 4.79 Å². The van der Waals surface area contributed by atoms with E-state index in [1.54, 1.807) is 24.0 Å². The number of rotatable bonds is 4. The van der Waals surface area contributed by atoms with E-state index >= 15 is 0 Å². The molecular weight excluding hydrogens is 406 g/mol. The topological polar surface area (TPSA) is 88.5 Å². The number of para-hydroxylation sites is 2. The summed E-state index contributed by atoms with van der Waals surface area (Å²) in [6.45, 7) is 4.01. The maximum atomic E-state index is 12.7. The molecule has 0 aliphatic carbocycles. The second-order valence-corrected chi connectivity index (χ2v) is 7.14. The fourth-order valence-corrected chi connectivity index (χ4v) is 3.47. The van der Waals surface area contributed by atoms with Crippen molar-refractivity contribution in [2.75, 3.05) is 37.7 Å². The van der Waals surface area contributed by atoms with Crippen LogP contribution in [-0.4, -0.2) is 64.5 Å². The van der Waals surface area contributed by atoms with Gasteiger partial charge < -0.3 is 14.5 Å². The number of anilines is 1. The number of fused-ring (bicyclic) bond motifs is 1. The summed E-state index contributed by atoms with van der Waals surface area (Å²) in [6, 6.07) is 10.7. The van der Waals surface area contributed by atoms with Gasteiger partial charge in [0, 0.05) is 32.4 Å². The monoisotopic (exact) mass is 425 g/mol. The molecule has 0 unspecified atom stereocenters. The minimum atomic E-state index is -0.503. The van der Waals surface area contributed by atoms with Gasteiger partial charge in [0.2, 0.25) is 0 Å². The first-order valence-electron chi connectivity index (χ1n) is 9.66. The van der Waals surface area contributed by atoms with Crippen LogP contribution in [0.5, 0.6) is 0 Å². The van der Waals surface area contributed by atoms with Crippen molar-refractivity contribution in [3.05, 3.63) is 59.0 Å². The van der Waals surface area contributed by atoms with E-state index in [4.69, 9.17) is 16.3 Å². The summed E-state index contributed by atoms with van der Waals surface area (Å²) < 4.78 is 5.18. The Morgan fingerprint density at radius 3 is 2.37 bits per heavy atom. The van der Waals surface area contributed by atoms with Crippen molar-refractivity contribution < 1.29 is 14.3 Å². The Bertz CT molecular complexity index is 1080. The van der Waals surface area contributed by atoms with E-state index < -0.39 is 5.97 Å². The number of benzene rings is 1. The van der Waals surface area contributed by atoms with Gasteiger partial charge in [0.1, 0.15) is 5.15 Å². The van der Waals surface area contributed by atoms with Crippen molar-refractivity contribution in [3.63, 3.8) is 0 Å². The molecule has 0 spiro atoms. The molecule has 1 saturated heterocycles. The average molecular weight is 426 g/mol. The molecule has 3 heterocycles. The Kier molecular flexibility index (Phi) is 5.76. The van der Waals surface area contributed by atoms with Crippen molar-refractivity contribution in [3.8, 4) is 0 Å². The molecule has 1 fully saturated rings. The van der Waals surface area contributed by atoms with Crippen LogP contribution in [0.3, 0.4) is 0 Å². The highest BCUT2D eigenvalue weighted by molar-refractivity contribution is 6.29. The molecule has 0 bridgehead atoms. The number of hydrogen-bond donors (Lipinski definition) is 0. The van der Waals surface area contributed by atoms with Gasteiger partial charge in [-0.1, -0.05) is 23.7 Å². The summed E-state index contributed by atoms with van der Waals surface area (Å²) >= 11 is 5.80. The van der Waals surface area contributed by atoms with Crippen molar-refractivity contribution in [2.24, 2.45) is 0 Å². The smallest absolute Gasteiger partial charge is 0.360 e. The van der Waals surface area contributed by atoms with Crippen LogP contribution in [0.2, 0.25) is 5.15 Å². The summed E-state index contributed by atoms with van der Waals surface area (Å²) in [5, 5.41) is 0.345. The van der Waals surface area contributed by atoms with E-state index in [1.807, 2.05) is 29.2 Å². The highest BCUT2D eigenvalue weighted by Gasteiger charge is 2.27. The Morgan fingerprint density at radius 1 is 1.03 bits per heavy atom. The number of carbonyl (C=O) groups is 2. The predicted octanol–water partition coefficient (Wildman–Crippen LogP) is 2.82. The molecule has 1 aliphatic heterocycles. The Hall–Kier alpha value is -3.26. The first kappa shape index (κ1) is 20.0. The second kappa shape index (κ2) is 8.62. The fourth-order valence-electron chi connectivity index (χ4n) is 3.35. The molecule has 9 heteroatoms. The van der Waals surface area contributed by atoms with Crippen LogP contribution in [0.25, 0.3) is 11.0 Å². The van der Waals surface area contributed by atoms with Crippen LogP contribution < -0.4 is 4.90 Å². The zero-order chi connectivity index (χ0) is 21.1. The molecule has 8 nitrogen and oxygen atoms in total. The largest absolute Gasteiger partial charge is 0.461 e. The molecule has 4 rings (SSSR count). The van der Waals surface area contributed by atoms with Gasteiger partial charge in [0.25, 0.3) is 5.91 Å². The lowest BCUT2D eigenvalue weighted by molar-refractivity contribution is 0.0519. The lowest BCUT2D eigenvalue weighted by Crippen LogP contribution is -2.49. The summed E-state index contributed by atoms with van der Waals surface area (Å²) in [6.07, 6.45) is 1.48. The summed E-state index contributed by atoms with van der Waals surface area (Å²) in [7, 11) is 0. The van der Waals surface area contributed by atoms with Gasteiger partial charge in [-0.05, 0) is 31.2 Å². The van der Waals surface area contributed by atoms with Crippen LogP contribution in [0.1, 0.15) is 27.8 Å². The van der Waals surface area contributed by atoms with E-state index in [9.17, 15) is 9.59 Å². The van der Waals surface area contributed by atoms with Crippen LogP contribution in [0, 0.1) is 0 Å². The van der Waals surface area contributed by atoms with Crippen LogP contribution in [0.4, 0.5) is 5.82 Å². The van der Waals surface area contributed by atoms with Crippen LogP contribution >= 0.6 is 11.6 Å². The zero-order valence-electron chi connectivity index (χ0n) is 16.4. The van der Waals surface area contributed by atoms with E-state index in [0.717, 1.165) is 0 Å². The molecule has 154 valence electrons. The number of pyridine rings is 1. The maximum absolute atomic E-state index is 12.7. The summed E-state index contributed by atoms with van der Waals surface area (Å²) in [4.78, 5) is 42.1. The molecule has 30 heavy (non-hydrogen) atoms. The third kappa shape index (κ3) is 4.04. The van der Waals surface area contributed by atoms with E-state index in [0.29, 0.717) is 53.7 Å². The number of halogens is 1. The van der Waals surface area contributed by atoms with Gasteiger partial charge in [0.15, 0.2) is 11.5 Å². The Balaban J connectivity index is 1.56. The van der Waals surface area contributed by atoms with Gasteiger partial charge in [0.05, 0.1) is 23.2 Å². The molecular formula is C21H20ClN5O3. The molecule has 1 amide bonds. The van der Waals surface area contributed by atoms with Crippen molar-refractivity contribution in [2.45, 2.75) is 6.92 Å². The lowest BCUT2D eigenvalue weighted by Gasteiger charge is -2.35. The first-order chi connectivity index (χ1) is 14.6. The van der Waals surface area contributed by atoms with Crippen molar-refractivity contribution in [1.29, 1.82) is 0 Å². The number of ether oxygens (including phenoxy) is 1. The Labute approximate surface area is 178 Å². The van der Waals surface area contributed by atoms with E-state index in [-0.39, 0.29) is 18.2 Å². The molecule has 2 aromatic heterocycles. The van der Waals surface area contributed by atoms with Crippen molar-refractivity contribution in [1.82, 2.24) is 19.9 Å². The number of nitrogens with zero attached hydrogens (tertiary/aromatic N) is 5. The third-order valence-corrected chi connectivity index (χ3v) is 5.09. The minimum absolute atomic E-state index is 0.103. The zero-order valence-corrected chi connectivity index (χ0v) is 17.2. The minimum Gasteiger partial charge on any atom is -0.461 e.